The molecule has 0 saturated heterocycles. The highest BCUT2D eigenvalue weighted by atomic mass is 32.2. The van der Waals surface area contributed by atoms with Gasteiger partial charge in [0.05, 0.1) is 29.8 Å². The highest BCUT2D eigenvalue weighted by molar-refractivity contribution is 7.90. The topological polar surface area (TPSA) is 120 Å². The minimum Gasteiger partial charge on any atom is -0.481 e. The minimum absolute atomic E-state index is 0.0913. The van der Waals surface area contributed by atoms with E-state index in [1.807, 2.05) is 25.3 Å². The summed E-state index contributed by atoms with van der Waals surface area (Å²) in [6.07, 6.45) is 7.36. The van der Waals surface area contributed by atoms with E-state index in [1.165, 1.54) is 0 Å². The van der Waals surface area contributed by atoms with Crippen LogP contribution in [0.25, 0.3) is 22.0 Å². The van der Waals surface area contributed by atoms with Gasteiger partial charge < -0.3 is 15.8 Å². The lowest BCUT2D eigenvalue weighted by Gasteiger charge is -2.26. The second kappa shape index (κ2) is 10.9. The average molecular weight is 498 g/mol. The summed E-state index contributed by atoms with van der Waals surface area (Å²) >= 11 is 0. The van der Waals surface area contributed by atoms with E-state index in [-0.39, 0.29) is 11.5 Å². The van der Waals surface area contributed by atoms with Crippen LogP contribution in [-0.2, 0) is 22.0 Å². The van der Waals surface area contributed by atoms with Crippen LogP contribution in [0.3, 0.4) is 0 Å². The molecule has 3 aromatic rings. The maximum atomic E-state index is 12.2. The van der Waals surface area contributed by atoms with Crippen molar-refractivity contribution in [3.63, 3.8) is 0 Å². The number of pyridine rings is 1. The third-order valence-electron chi connectivity index (χ3n) is 6.55. The summed E-state index contributed by atoms with van der Waals surface area (Å²) in [5, 5.41) is 4.42. The fourth-order valence-electron chi connectivity index (χ4n) is 4.70. The van der Waals surface area contributed by atoms with Crippen LogP contribution in [0.2, 0.25) is 0 Å². The number of hydrogen-bond donors (Lipinski definition) is 2. The van der Waals surface area contributed by atoms with Crippen LogP contribution < -0.4 is 15.8 Å². The molecule has 8 nitrogen and oxygen atoms in total. The standard InChI is InChI=1S/C26H35N5O3S/c1-4-12-35(32,33)16-22-10-11-23(25(29-22)34-3)18-13-17(5-2)24-19(14-18)15-28-26(31-24)30-21-8-6-20(27)7-9-21/h10-11,13-15,20-21H,4-9,12,16,27H2,1-3H3,(H,28,30,31). The predicted molar refractivity (Wildman–Crippen MR) is 140 cm³/mol. The Kier molecular flexibility index (Phi) is 7.86. The lowest BCUT2D eigenvalue weighted by Crippen LogP contribution is -2.33. The molecule has 0 atom stereocenters. The van der Waals surface area contributed by atoms with Crippen molar-refractivity contribution in [1.82, 2.24) is 15.0 Å². The number of nitrogens with zero attached hydrogens (tertiary/aromatic N) is 3. The van der Waals surface area contributed by atoms with Crippen LogP contribution in [0, 0.1) is 0 Å². The van der Waals surface area contributed by atoms with Gasteiger partial charge in [-0.25, -0.2) is 23.4 Å². The normalized spacial score (nSPS) is 18.5. The van der Waals surface area contributed by atoms with E-state index in [1.54, 1.807) is 13.2 Å². The predicted octanol–water partition coefficient (Wildman–Crippen LogP) is 4.27. The highest BCUT2D eigenvalue weighted by Gasteiger charge is 2.20. The molecular formula is C26H35N5O3S. The third-order valence-corrected chi connectivity index (χ3v) is 8.32. The number of ether oxygens (including phenoxy) is 1. The molecule has 9 heteroatoms. The van der Waals surface area contributed by atoms with Gasteiger partial charge in [0, 0.05) is 29.2 Å². The average Bonchev–Trinajstić information content (AvgIpc) is 2.84. The molecule has 0 amide bonds. The number of hydrogen-bond acceptors (Lipinski definition) is 8. The van der Waals surface area contributed by atoms with Gasteiger partial charge in [0.15, 0.2) is 9.84 Å². The first kappa shape index (κ1) is 25.3. The summed E-state index contributed by atoms with van der Waals surface area (Å²) in [5.74, 6) is 1.11. The van der Waals surface area contributed by atoms with E-state index in [0.29, 0.717) is 36.0 Å². The summed E-state index contributed by atoms with van der Waals surface area (Å²) in [7, 11) is -1.64. The van der Waals surface area contributed by atoms with Crippen molar-refractivity contribution in [2.24, 2.45) is 5.73 Å². The van der Waals surface area contributed by atoms with Gasteiger partial charge in [-0.1, -0.05) is 13.8 Å². The smallest absolute Gasteiger partial charge is 0.223 e. The second-order valence-electron chi connectivity index (χ2n) is 9.33. The molecule has 0 radical (unpaired) electrons. The summed E-state index contributed by atoms with van der Waals surface area (Å²) in [4.78, 5) is 13.9. The molecule has 2 aromatic heterocycles. The van der Waals surface area contributed by atoms with Crippen LogP contribution in [0.4, 0.5) is 5.95 Å². The van der Waals surface area contributed by atoms with Crippen LogP contribution in [0.5, 0.6) is 5.88 Å². The number of fused-ring (bicyclic) bond motifs is 1. The molecular weight excluding hydrogens is 462 g/mol. The molecule has 1 saturated carbocycles. The Hall–Kier alpha value is -2.78. The minimum atomic E-state index is -3.19. The Bertz CT molecular complexity index is 1290. The molecule has 2 heterocycles. The van der Waals surface area contributed by atoms with Crippen molar-refractivity contribution in [1.29, 1.82) is 0 Å². The second-order valence-corrected chi connectivity index (χ2v) is 11.5. The van der Waals surface area contributed by atoms with Gasteiger partial charge in [0.2, 0.25) is 11.8 Å². The fraction of sp³-hybridized carbons (Fsp3) is 0.500. The van der Waals surface area contributed by atoms with Crippen molar-refractivity contribution < 1.29 is 13.2 Å². The maximum absolute atomic E-state index is 12.2. The highest BCUT2D eigenvalue weighted by Crippen LogP contribution is 2.33. The molecule has 1 aliphatic carbocycles. The lowest BCUT2D eigenvalue weighted by molar-refractivity contribution is 0.398. The Balaban J connectivity index is 1.64. The molecule has 1 aromatic carbocycles. The van der Waals surface area contributed by atoms with E-state index in [4.69, 9.17) is 15.5 Å². The molecule has 0 bridgehead atoms. The summed E-state index contributed by atoms with van der Waals surface area (Å²) in [5.41, 5.74) is 10.3. The van der Waals surface area contributed by atoms with Crippen molar-refractivity contribution in [2.75, 3.05) is 18.2 Å². The monoisotopic (exact) mass is 497 g/mol. The van der Waals surface area contributed by atoms with Crippen LogP contribution >= 0.6 is 0 Å². The first-order chi connectivity index (χ1) is 16.8. The van der Waals surface area contributed by atoms with Crippen LogP contribution in [0.1, 0.15) is 57.2 Å². The molecule has 1 aliphatic rings. The summed E-state index contributed by atoms with van der Waals surface area (Å²) in [6, 6.07) is 8.44. The number of methoxy groups -OCH3 is 1. The maximum Gasteiger partial charge on any atom is 0.223 e. The molecule has 4 rings (SSSR count). The number of anilines is 1. The number of aromatic nitrogens is 3. The van der Waals surface area contributed by atoms with Gasteiger partial charge in [0.25, 0.3) is 0 Å². The first-order valence-electron chi connectivity index (χ1n) is 12.4. The molecule has 188 valence electrons. The number of benzene rings is 1. The molecule has 0 spiro atoms. The number of aryl methyl sites for hydroxylation is 1. The van der Waals surface area contributed by atoms with Crippen LogP contribution in [-0.4, -0.2) is 48.3 Å². The Morgan fingerprint density at radius 1 is 1.11 bits per heavy atom. The number of nitrogens with two attached hydrogens (primary N) is 1. The largest absolute Gasteiger partial charge is 0.481 e. The van der Waals surface area contributed by atoms with Crippen LogP contribution in [0.15, 0.2) is 30.5 Å². The van der Waals surface area contributed by atoms with E-state index in [9.17, 15) is 8.42 Å². The van der Waals surface area contributed by atoms with Crippen molar-refractivity contribution in [2.45, 2.75) is 70.2 Å². The zero-order valence-electron chi connectivity index (χ0n) is 20.8. The quantitative estimate of drug-likeness (QED) is 0.450. The number of sulfone groups is 1. The molecule has 1 fully saturated rings. The first-order valence-corrected chi connectivity index (χ1v) is 14.2. The van der Waals surface area contributed by atoms with Gasteiger partial charge >= 0.3 is 0 Å². The Morgan fingerprint density at radius 3 is 2.57 bits per heavy atom. The zero-order valence-corrected chi connectivity index (χ0v) is 21.6. The molecule has 0 aliphatic heterocycles. The lowest BCUT2D eigenvalue weighted by atomic mass is 9.92. The zero-order chi connectivity index (χ0) is 25.0. The molecule has 3 N–H and O–H groups in total. The molecule has 0 unspecified atom stereocenters. The van der Waals surface area contributed by atoms with E-state index in [2.05, 4.69) is 28.3 Å². The van der Waals surface area contributed by atoms with E-state index >= 15 is 0 Å². The summed E-state index contributed by atoms with van der Waals surface area (Å²) < 4.78 is 30.0. The summed E-state index contributed by atoms with van der Waals surface area (Å²) in [6.45, 7) is 3.96. The van der Waals surface area contributed by atoms with Gasteiger partial charge in [-0.2, -0.15) is 0 Å². The third kappa shape index (κ3) is 6.08. The van der Waals surface area contributed by atoms with Gasteiger partial charge in [-0.15, -0.1) is 0 Å². The van der Waals surface area contributed by atoms with Crippen molar-refractivity contribution in [3.05, 3.63) is 41.7 Å². The number of nitrogens with one attached hydrogen (secondary N) is 1. The Labute approximate surface area is 207 Å². The van der Waals surface area contributed by atoms with Gasteiger partial charge in [-0.3, -0.25) is 0 Å². The van der Waals surface area contributed by atoms with E-state index in [0.717, 1.165) is 59.7 Å². The van der Waals surface area contributed by atoms with Gasteiger partial charge in [0.1, 0.15) is 0 Å². The Morgan fingerprint density at radius 2 is 1.89 bits per heavy atom. The van der Waals surface area contributed by atoms with E-state index < -0.39 is 9.84 Å². The van der Waals surface area contributed by atoms with Crippen molar-refractivity contribution in [3.8, 4) is 17.0 Å². The number of rotatable bonds is 9. The van der Waals surface area contributed by atoms with Crippen molar-refractivity contribution >= 4 is 26.7 Å². The SMILES string of the molecule is CCCS(=O)(=O)Cc1ccc(-c2cc(CC)c3nc(NC4CCC(N)CC4)ncc3c2)c(OC)n1. The van der Waals surface area contributed by atoms with Gasteiger partial charge in [-0.05, 0) is 73.9 Å². The molecule has 35 heavy (non-hydrogen) atoms. The fourth-order valence-corrected chi connectivity index (χ4v) is 6.08.